The maximum absolute atomic E-state index is 13.5. The van der Waals surface area contributed by atoms with E-state index in [1.807, 2.05) is 0 Å². The van der Waals surface area contributed by atoms with Gasteiger partial charge in [0.25, 0.3) is 16.0 Å². The minimum Gasteiger partial charge on any atom is -0.870 e. The van der Waals surface area contributed by atoms with E-state index in [2.05, 4.69) is 15.5 Å². The molecular weight excluding hydrogens is 576 g/mol. The summed E-state index contributed by atoms with van der Waals surface area (Å²) in [5, 5.41) is 25.7. The minimum atomic E-state index is -4.68. The molecule has 4 aromatic rings. The number of rotatable bonds is 7. The zero-order chi connectivity index (χ0) is 27.6. The van der Waals surface area contributed by atoms with Gasteiger partial charge in [0.15, 0.2) is 0 Å². The Bertz CT molecular complexity index is 1710. The molecule has 13 heteroatoms. The molecule has 196 valence electrons. The third-order valence-corrected chi connectivity index (χ3v) is 7.11. The molecule has 0 spiro atoms. The Balaban J connectivity index is 0.00000420. The molecule has 9 nitrogen and oxygen atoms in total. The van der Waals surface area contributed by atoms with Crippen LogP contribution in [0.2, 0.25) is 10.0 Å². The maximum Gasteiger partial charge on any atom is 1.00 e. The van der Waals surface area contributed by atoms with Gasteiger partial charge < -0.3 is 15.2 Å². The van der Waals surface area contributed by atoms with Crippen molar-refractivity contribution in [1.29, 1.82) is 0 Å². The van der Waals surface area contributed by atoms with Gasteiger partial charge >= 0.3 is 29.6 Å². The topological polar surface area (TPSA) is 140 Å². The number of ether oxygens (including phenoxy) is 1. The Morgan fingerprint density at radius 1 is 1.05 bits per heavy atom. The molecule has 0 unspecified atom stereocenters. The van der Waals surface area contributed by atoms with Crippen molar-refractivity contribution >= 4 is 67.1 Å². The molecule has 0 heterocycles. The van der Waals surface area contributed by atoms with Gasteiger partial charge in [0.2, 0.25) is 0 Å². The summed E-state index contributed by atoms with van der Waals surface area (Å²) in [6.45, 7) is 1.72. The number of amides is 1. The summed E-state index contributed by atoms with van der Waals surface area (Å²) in [5.41, 5.74) is -0.00834. The zero-order valence-electron chi connectivity index (χ0n) is 21.0. The van der Waals surface area contributed by atoms with Crippen molar-refractivity contribution in [2.75, 3.05) is 12.4 Å². The summed E-state index contributed by atoms with van der Waals surface area (Å²) in [6, 6.07) is 15.2. The average molecular weight is 596 g/mol. The standard InChI is InChI=1S/C26H21Cl2N3O6S.Na/c1-3-18-21(28)8-9-22(38(34,35)36)23(18)30-31-24-19-7-5-4-6-14(19)10-20(25(24)32)26(33)29-16-11-15(27)12-17(13-16)37-2;/h4-13,32H,3H2,1-2H3,(H,29,33)(H,34,35,36);/q;+1/p-1. The molecule has 2 N–H and O–H groups in total. The van der Waals surface area contributed by atoms with Crippen LogP contribution in [0.4, 0.5) is 17.1 Å². The number of fused-ring (bicyclic) bond motifs is 1. The molecule has 0 saturated heterocycles. The number of anilines is 1. The smallest absolute Gasteiger partial charge is 0.870 e. The van der Waals surface area contributed by atoms with E-state index >= 15 is 0 Å². The van der Waals surface area contributed by atoms with E-state index < -0.39 is 26.7 Å². The molecule has 0 aliphatic rings. The van der Waals surface area contributed by atoms with Crippen LogP contribution in [0.1, 0.15) is 22.8 Å². The summed E-state index contributed by atoms with van der Waals surface area (Å²) in [4.78, 5) is 12.6. The first-order valence-electron chi connectivity index (χ1n) is 11.1. The van der Waals surface area contributed by atoms with E-state index in [1.165, 1.54) is 31.4 Å². The first-order valence-corrected chi connectivity index (χ1v) is 13.3. The fourth-order valence-corrected chi connectivity index (χ4v) is 5.03. The third-order valence-electron chi connectivity index (χ3n) is 5.65. The molecule has 0 fully saturated rings. The Kier molecular flexibility index (Phi) is 10.0. The van der Waals surface area contributed by atoms with Gasteiger partial charge in [0, 0.05) is 32.7 Å². The van der Waals surface area contributed by atoms with E-state index in [0.717, 1.165) is 6.07 Å². The molecule has 4 aromatic carbocycles. The van der Waals surface area contributed by atoms with Gasteiger partial charge in [-0.05, 0) is 47.7 Å². The summed E-state index contributed by atoms with van der Waals surface area (Å²) in [5.74, 6) is -1.06. The van der Waals surface area contributed by atoms with Crippen molar-refractivity contribution in [3.05, 3.63) is 81.8 Å². The number of nitrogens with zero attached hydrogens (tertiary/aromatic N) is 2. The number of carbonyl (C=O) groups is 1. The van der Waals surface area contributed by atoms with Crippen molar-refractivity contribution < 1.29 is 57.2 Å². The number of hydrogen-bond acceptors (Lipinski definition) is 7. The quantitative estimate of drug-likeness (QED) is 0.189. The molecule has 0 bridgehead atoms. The Morgan fingerprint density at radius 3 is 2.41 bits per heavy atom. The number of nitrogens with one attached hydrogen (secondary N) is 1. The SMILES string of the molecule is CCc1c(Cl)ccc(S(=O)(=O)O)c1N=Nc1c([O-])c(C(=O)Nc2cc(Cl)cc(OC)c2)cc2ccccc12.[Na+]. The molecule has 0 aliphatic carbocycles. The minimum absolute atomic E-state index is 0. The summed E-state index contributed by atoms with van der Waals surface area (Å²) in [6.07, 6.45) is 0.271. The predicted molar refractivity (Wildman–Crippen MR) is 144 cm³/mol. The van der Waals surface area contributed by atoms with Crippen LogP contribution in [0, 0.1) is 0 Å². The number of benzene rings is 4. The number of hydrogen-bond donors (Lipinski definition) is 2. The molecule has 0 aliphatic heterocycles. The van der Waals surface area contributed by atoms with Gasteiger partial charge in [-0.15, -0.1) is 5.11 Å². The molecule has 0 radical (unpaired) electrons. The van der Waals surface area contributed by atoms with E-state index in [9.17, 15) is 22.9 Å². The Labute approximate surface area is 256 Å². The monoisotopic (exact) mass is 595 g/mol. The van der Waals surface area contributed by atoms with E-state index in [-0.39, 0.29) is 57.9 Å². The second-order valence-corrected chi connectivity index (χ2v) is 10.3. The van der Waals surface area contributed by atoms with Crippen LogP contribution < -0.4 is 44.7 Å². The fraction of sp³-hybridized carbons (Fsp3) is 0.115. The summed E-state index contributed by atoms with van der Waals surface area (Å²) >= 11 is 12.3. The van der Waals surface area contributed by atoms with Crippen molar-refractivity contribution in [2.24, 2.45) is 10.2 Å². The Morgan fingerprint density at radius 2 is 1.74 bits per heavy atom. The van der Waals surface area contributed by atoms with Gasteiger partial charge in [0.1, 0.15) is 16.3 Å². The van der Waals surface area contributed by atoms with Crippen molar-refractivity contribution in [3.8, 4) is 11.5 Å². The second-order valence-electron chi connectivity index (χ2n) is 8.06. The summed E-state index contributed by atoms with van der Waals surface area (Å²) in [7, 11) is -3.23. The maximum atomic E-state index is 13.5. The Hall–Kier alpha value is -2.70. The molecule has 1 amide bonds. The van der Waals surface area contributed by atoms with Crippen LogP contribution in [-0.4, -0.2) is 26.0 Å². The third kappa shape index (κ3) is 6.72. The molecule has 4 rings (SSSR count). The largest absolute Gasteiger partial charge is 1.00 e. The molecular formula is C26H20Cl2N3NaO6S. The van der Waals surface area contributed by atoms with Gasteiger partial charge in [-0.1, -0.05) is 60.1 Å². The number of carbonyl (C=O) groups excluding carboxylic acids is 1. The first-order chi connectivity index (χ1) is 18.0. The van der Waals surface area contributed by atoms with Crippen LogP contribution in [-0.2, 0) is 16.5 Å². The molecule has 0 atom stereocenters. The van der Waals surface area contributed by atoms with Crippen LogP contribution in [0.15, 0.2) is 75.8 Å². The van der Waals surface area contributed by atoms with Crippen LogP contribution >= 0.6 is 23.2 Å². The van der Waals surface area contributed by atoms with E-state index in [0.29, 0.717) is 32.8 Å². The summed E-state index contributed by atoms with van der Waals surface area (Å²) < 4.78 is 38.9. The van der Waals surface area contributed by atoms with Crippen molar-refractivity contribution in [3.63, 3.8) is 0 Å². The van der Waals surface area contributed by atoms with E-state index in [4.69, 9.17) is 27.9 Å². The van der Waals surface area contributed by atoms with Gasteiger partial charge in [-0.3, -0.25) is 9.35 Å². The van der Waals surface area contributed by atoms with Crippen molar-refractivity contribution in [2.45, 2.75) is 18.2 Å². The van der Waals surface area contributed by atoms with Gasteiger partial charge in [-0.25, -0.2) is 0 Å². The molecule has 39 heavy (non-hydrogen) atoms. The average Bonchev–Trinajstić information content (AvgIpc) is 2.86. The zero-order valence-corrected chi connectivity index (χ0v) is 25.4. The molecule has 0 saturated carbocycles. The number of methoxy groups -OCH3 is 1. The predicted octanol–water partition coefficient (Wildman–Crippen LogP) is 3.71. The van der Waals surface area contributed by atoms with Crippen LogP contribution in [0.25, 0.3) is 10.8 Å². The number of halogens is 2. The molecule has 0 aromatic heterocycles. The van der Waals surface area contributed by atoms with E-state index in [1.54, 1.807) is 37.3 Å². The van der Waals surface area contributed by atoms with Crippen LogP contribution in [0.3, 0.4) is 0 Å². The van der Waals surface area contributed by atoms with Crippen LogP contribution in [0.5, 0.6) is 11.5 Å². The van der Waals surface area contributed by atoms with Gasteiger partial charge in [0.05, 0.1) is 12.8 Å². The second kappa shape index (κ2) is 12.6. The fourth-order valence-electron chi connectivity index (χ4n) is 3.87. The first kappa shape index (κ1) is 30.8. The number of azo groups is 1. The van der Waals surface area contributed by atoms with Crippen molar-refractivity contribution in [1.82, 2.24) is 0 Å². The normalized spacial score (nSPS) is 11.4. The van der Waals surface area contributed by atoms with Gasteiger partial charge in [-0.2, -0.15) is 13.5 Å².